The average Bonchev–Trinajstić information content (AvgIpc) is 2.50. The fraction of sp³-hybridized carbons (Fsp3) is 0.294. The Morgan fingerprint density at radius 1 is 1.05 bits per heavy atom. The van der Waals surface area contributed by atoms with Crippen LogP contribution in [0.2, 0.25) is 5.02 Å². The molecule has 0 atom stereocenters. The molecule has 0 aromatic heterocycles. The molecule has 0 bridgehead atoms. The van der Waals surface area contributed by atoms with Gasteiger partial charge in [0.1, 0.15) is 6.61 Å². The lowest BCUT2D eigenvalue weighted by molar-refractivity contribution is 0.269. The van der Waals surface area contributed by atoms with Gasteiger partial charge in [-0.2, -0.15) is 0 Å². The summed E-state index contributed by atoms with van der Waals surface area (Å²) in [6.45, 7) is 3.72. The SMILES string of the molecule is CCOc1cc(CNC)c(Cl)cc1OCc1ccccc1. The molecular weight excluding hydrogens is 286 g/mol. The molecule has 0 amide bonds. The molecule has 0 unspecified atom stereocenters. The maximum atomic E-state index is 6.29. The van der Waals surface area contributed by atoms with Crippen LogP contribution in [0.25, 0.3) is 0 Å². The lowest BCUT2D eigenvalue weighted by Crippen LogP contribution is -2.07. The van der Waals surface area contributed by atoms with Crippen molar-refractivity contribution < 1.29 is 9.47 Å². The number of halogens is 1. The van der Waals surface area contributed by atoms with Gasteiger partial charge >= 0.3 is 0 Å². The van der Waals surface area contributed by atoms with Crippen molar-refractivity contribution >= 4 is 11.6 Å². The molecule has 2 rings (SSSR count). The summed E-state index contributed by atoms with van der Waals surface area (Å²) in [5.41, 5.74) is 2.10. The van der Waals surface area contributed by atoms with Gasteiger partial charge in [0.05, 0.1) is 6.61 Å². The van der Waals surface area contributed by atoms with E-state index in [0.29, 0.717) is 30.5 Å². The van der Waals surface area contributed by atoms with Gasteiger partial charge in [0.15, 0.2) is 11.5 Å². The summed E-state index contributed by atoms with van der Waals surface area (Å²) in [6.07, 6.45) is 0. The van der Waals surface area contributed by atoms with Gasteiger partial charge in [0, 0.05) is 17.6 Å². The first-order valence-corrected chi connectivity index (χ1v) is 7.39. The number of benzene rings is 2. The summed E-state index contributed by atoms with van der Waals surface area (Å²) in [4.78, 5) is 0. The van der Waals surface area contributed by atoms with Crippen molar-refractivity contribution in [3.8, 4) is 11.5 Å². The van der Waals surface area contributed by atoms with Crippen molar-refractivity contribution in [1.29, 1.82) is 0 Å². The molecule has 0 heterocycles. The third kappa shape index (κ3) is 4.38. The second kappa shape index (κ2) is 7.91. The van der Waals surface area contributed by atoms with Crippen LogP contribution in [-0.2, 0) is 13.2 Å². The molecule has 2 aromatic carbocycles. The topological polar surface area (TPSA) is 30.5 Å². The summed E-state index contributed by atoms with van der Waals surface area (Å²) < 4.78 is 11.5. The van der Waals surface area contributed by atoms with Crippen LogP contribution in [0, 0.1) is 0 Å². The highest BCUT2D eigenvalue weighted by Gasteiger charge is 2.11. The first kappa shape index (κ1) is 15.7. The van der Waals surface area contributed by atoms with Crippen molar-refractivity contribution in [1.82, 2.24) is 5.32 Å². The van der Waals surface area contributed by atoms with E-state index in [0.717, 1.165) is 16.9 Å². The van der Waals surface area contributed by atoms with Crippen LogP contribution >= 0.6 is 11.6 Å². The first-order valence-electron chi connectivity index (χ1n) is 7.01. The third-order valence-electron chi connectivity index (χ3n) is 3.02. The average molecular weight is 306 g/mol. The van der Waals surface area contributed by atoms with E-state index in [2.05, 4.69) is 5.32 Å². The van der Waals surface area contributed by atoms with Gasteiger partial charge in [-0.3, -0.25) is 0 Å². The van der Waals surface area contributed by atoms with Crippen molar-refractivity contribution in [3.63, 3.8) is 0 Å². The first-order chi connectivity index (χ1) is 10.2. The highest BCUT2D eigenvalue weighted by Crippen LogP contribution is 2.34. The van der Waals surface area contributed by atoms with Crippen LogP contribution in [0.1, 0.15) is 18.1 Å². The van der Waals surface area contributed by atoms with Gasteiger partial charge < -0.3 is 14.8 Å². The van der Waals surface area contributed by atoms with E-state index in [1.165, 1.54) is 0 Å². The third-order valence-corrected chi connectivity index (χ3v) is 3.37. The number of rotatable bonds is 7. The van der Waals surface area contributed by atoms with Crippen LogP contribution in [0.5, 0.6) is 11.5 Å². The molecule has 3 nitrogen and oxygen atoms in total. The minimum Gasteiger partial charge on any atom is -0.490 e. The highest BCUT2D eigenvalue weighted by atomic mass is 35.5. The van der Waals surface area contributed by atoms with Gasteiger partial charge in [-0.05, 0) is 31.2 Å². The van der Waals surface area contributed by atoms with Crippen molar-refractivity contribution in [3.05, 3.63) is 58.6 Å². The Morgan fingerprint density at radius 2 is 1.76 bits per heavy atom. The largest absolute Gasteiger partial charge is 0.490 e. The normalized spacial score (nSPS) is 10.4. The van der Waals surface area contributed by atoms with E-state index in [-0.39, 0.29) is 0 Å². The molecule has 0 aliphatic carbocycles. The Bertz CT molecular complexity index is 573. The second-order valence-corrected chi connectivity index (χ2v) is 5.04. The van der Waals surface area contributed by atoms with Crippen LogP contribution in [0.15, 0.2) is 42.5 Å². The quantitative estimate of drug-likeness (QED) is 0.837. The van der Waals surface area contributed by atoms with E-state index in [1.54, 1.807) is 0 Å². The van der Waals surface area contributed by atoms with Gasteiger partial charge in [0.25, 0.3) is 0 Å². The Balaban J connectivity index is 2.18. The molecule has 112 valence electrons. The zero-order valence-corrected chi connectivity index (χ0v) is 13.1. The monoisotopic (exact) mass is 305 g/mol. The van der Waals surface area contributed by atoms with Gasteiger partial charge in [0.2, 0.25) is 0 Å². The molecule has 0 saturated carbocycles. The van der Waals surface area contributed by atoms with Gasteiger partial charge in [-0.15, -0.1) is 0 Å². The Morgan fingerprint density at radius 3 is 2.43 bits per heavy atom. The van der Waals surface area contributed by atoms with Crippen molar-refractivity contribution in [2.75, 3.05) is 13.7 Å². The molecule has 4 heteroatoms. The molecule has 0 radical (unpaired) electrons. The van der Waals surface area contributed by atoms with Gasteiger partial charge in [-0.25, -0.2) is 0 Å². The van der Waals surface area contributed by atoms with Crippen LogP contribution in [-0.4, -0.2) is 13.7 Å². The summed E-state index contributed by atoms with van der Waals surface area (Å²) in [5, 5.41) is 3.77. The van der Waals surface area contributed by atoms with E-state index < -0.39 is 0 Å². The molecule has 0 aliphatic rings. The fourth-order valence-corrected chi connectivity index (χ4v) is 2.24. The van der Waals surface area contributed by atoms with E-state index >= 15 is 0 Å². The molecule has 2 aromatic rings. The van der Waals surface area contributed by atoms with Crippen LogP contribution < -0.4 is 14.8 Å². The summed E-state index contributed by atoms with van der Waals surface area (Å²) in [7, 11) is 1.89. The predicted molar refractivity (Wildman–Crippen MR) is 86.2 cm³/mol. The van der Waals surface area contributed by atoms with Crippen molar-refractivity contribution in [2.24, 2.45) is 0 Å². The van der Waals surface area contributed by atoms with Crippen LogP contribution in [0.3, 0.4) is 0 Å². The van der Waals surface area contributed by atoms with Gasteiger partial charge in [-0.1, -0.05) is 41.9 Å². The fourth-order valence-electron chi connectivity index (χ4n) is 2.02. The maximum Gasteiger partial charge on any atom is 0.163 e. The number of ether oxygens (including phenoxy) is 2. The smallest absolute Gasteiger partial charge is 0.163 e. The summed E-state index contributed by atoms with van der Waals surface area (Å²) in [5.74, 6) is 1.40. The minimum absolute atomic E-state index is 0.489. The van der Waals surface area contributed by atoms with E-state index in [4.69, 9.17) is 21.1 Å². The standard InChI is InChI=1S/C17H20ClNO2/c1-3-20-16-9-14(11-19-2)15(18)10-17(16)21-12-13-7-5-4-6-8-13/h4-10,19H,3,11-12H2,1-2H3. The Labute approximate surface area is 130 Å². The minimum atomic E-state index is 0.489. The van der Waals surface area contributed by atoms with Crippen molar-refractivity contribution in [2.45, 2.75) is 20.1 Å². The second-order valence-electron chi connectivity index (χ2n) is 4.63. The zero-order chi connectivity index (χ0) is 15.1. The lowest BCUT2D eigenvalue weighted by Gasteiger charge is -2.15. The number of hydrogen-bond acceptors (Lipinski definition) is 3. The summed E-state index contributed by atoms with van der Waals surface area (Å²) in [6, 6.07) is 13.8. The number of hydrogen-bond donors (Lipinski definition) is 1. The Kier molecular flexibility index (Phi) is 5.90. The molecule has 0 aliphatic heterocycles. The van der Waals surface area contributed by atoms with E-state index in [9.17, 15) is 0 Å². The molecule has 0 saturated heterocycles. The molecule has 0 fully saturated rings. The predicted octanol–water partition coefficient (Wildman–Crippen LogP) is 4.04. The molecular formula is C17H20ClNO2. The van der Waals surface area contributed by atoms with E-state index in [1.807, 2.05) is 56.4 Å². The number of nitrogens with one attached hydrogen (secondary N) is 1. The Hall–Kier alpha value is -1.71. The molecule has 21 heavy (non-hydrogen) atoms. The van der Waals surface area contributed by atoms with Crippen LogP contribution in [0.4, 0.5) is 0 Å². The highest BCUT2D eigenvalue weighted by molar-refractivity contribution is 6.31. The molecule has 0 spiro atoms. The zero-order valence-electron chi connectivity index (χ0n) is 12.4. The lowest BCUT2D eigenvalue weighted by atomic mass is 10.2. The maximum absolute atomic E-state index is 6.29. The summed E-state index contributed by atoms with van der Waals surface area (Å²) >= 11 is 6.29. The molecule has 1 N–H and O–H groups in total.